The van der Waals surface area contributed by atoms with Gasteiger partial charge in [0.1, 0.15) is 11.4 Å². The van der Waals surface area contributed by atoms with E-state index in [1.54, 1.807) is 11.8 Å². The second-order valence-electron chi connectivity index (χ2n) is 7.46. The smallest absolute Gasteiger partial charge is 0.303 e. The molecule has 0 aliphatic carbocycles. The summed E-state index contributed by atoms with van der Waals surface area (Å²) in [4.78, 5) is 44.6. The number of likely N-dealkylation sites (tertiary alicyclic amines) is 1. The van der Waals surface area contributed by atoms with Crippen molar-refractivity contribution in [1.29, 1.82) is 0 Å². The third-order valence-electron chi connectivity index (χ3n) is 4.39. The number of aryl methyl sites for hydroxylation is 1. The second-order valence-corrected chi connectivity index (χ2v) is 7.46. The van der Waals surface area contributed by atoms with Crippen molar-refractivity contribution in [3.8, 4) is 0 Å². The number of hydrogen-bond acceptors (Lipinski definition) is 4. The molecule has 1 aliphatic rings. The zero-order chi connectivity index (χ0) is 18.1. The van der Waals surface area contributed by atoms with E-state index in [9.17, 15) is 14.4 Å². The van der Waals surface area contributed by atoms with Gasteiger partial charge in [0, 0.05) is 24.9 Å². The molecule has 0 bridgehead atoms. The third kappa shape index (κ3) is 4.01. The summed E-state index contributed by atoms with van der Waals surface area (Å²) in [6.07, 6.45) is 1.41. The molecule has 0 aromatic carbocycles. The van der Waals surface area contributed by atoms with E-state index in [0.29, 0.717) is 37.4 Å². The van der Waals surface area contributed by atoms with Gasteiger partial charge in [-0.05, 0) is 25.7 Å². The first-order valence-corrected chi connectivity index (χ1v) is 8.22. The number of aliphatic carboxylic acids is 1. The van der Waals surface area contributed by atoms with Gasteiger partial charge in [0.05, 0.1) is 5.69 Å². The Morgan fingerprint density at radius 2 is 1.88 bits per heavy atom. The first-order chi connectivity index (χ1) is 11.1. The van der Waals surface area contributed by atoms with Gasteiger partial charge in [-0.25, -0.2) is 4.98 Å². The third-order valence-corrected chi connectivity index (χ3v) is 4.39. The highest BCUT2D eigenvalue weighted by Gasteiger charge is 2.29. The van der Waals surface area contributed by atoms with Crippen LogP contribution in [0, 0.1) is 12.8 Å². The lowest BCUT2D eigenvalue weighted by Gasteiger charge is -2.31. The SMILES string of the molecule is Cc1nc(C(C)(C)C)[nH]c(=O)c1C(=O)N1CCC(CC(=O)O)CC1. The fourth-order valence-corrected chi connectivity index (χ4v) is 2.94. The maximum absolute atomic E-state index is 12.7. The Balaban J connectivity index is 2.17. The molecule has 0 saturated carbocycles. The van der Waals surface area contributed by atoms with E-state index in [4.69, 9.17) is 5.11 Å². The number of aromatic nitrogens is 2. The molecule has 0 spiro atoms. The number of carbonyl (C=O) groups excluding carboxylic acids is 1. The molecule has 0 radical (unpaired) electrons. The van der Waals surface area contributed by atoms with E-state index in [1.165, 1.54) is 0 Å². The van der Waals surface area contributed by atoms with E-state index in [2.05, 4.69) is 9.97 Å². The molecule has 7 nitrogen and oxygen atoms in total. The number of carboxylic acids is 1. The summed E-state index contributed by atoms with van der Waals surface area (Å²) in [6, 6.07) is 0. The minimum atomic E-state index is -0.811. The van der Waals surface area contributed by atoms with Gasteiger partial charge in [0.2, 0.25) is 0 Å². The molecule has 1 aromatic heterocycles. The van der Waals surface area contributed by atoms with Crippen molar-refractivity contribution < 1.29 is 14.7 Å². The summed E-state index contributed by atoms with van der Waals surface area (Å²) < 4.78 is 0. The number of hydrogen-bond donors (Lipinski definition) is 2. The van der Waals surface area contributed by atoms with Gasteiger partial charge in [-0.3, -0.25) is 14.4 Å². The number of nitrogens with zero attached hydrogens (tertiary/aromatic N) is 2. The summed E-state index contributed by atoms with van der Waals surface area (Å²) in [5, 5.41) is 8.85. The minimum absolute atomic E-state index is 0.0830. The first kappa shape index (κ1) is 18.2. The molecule has 2 rings (SSSR count). The Labute approximate surface area is 141 Å². The highest BCUT2D eigenvalue weighted by Crippen LogP contribution is 2.22. The van der Waals surface area contributed by atoms with Crippen LogP contribution in [0.25, 0.3) is 0 Å². The predicted molar refractivity (Wildman–Crippen MR) is 89.2 cm³/mol. The van der Waals surface area contributed by atoms with Crippen LogP contribution in [-0.2, 0) is 10.2 Å². The summed E-state index contributed by atoms with van der Waals surface area (Å²) in [5.41, 5.74) is -0.202. The van der Waals surface area contributed by atoms with Crippen LogP contribution in [0.3, 0.4) is 0 Å². The molecule has 0 unspecified atom stereocenters. The van der Waals surface area contributed by atoms with Gasteiger partial charge in [-0.15, -0.1) is 0 Å². The molecule has 2 heterocycles. The van der Waals surface area contributed by atoms with Crippen LogP contribution in [0.5, 0.6) is 0 Å². The molecule has 0 atom stereocenters. The zero-order valence-corrected chi connectivity index (χ0v) is 14.7. The fourth-order valence-electron chi connectivity index (χ4n) is 2.94. The Kier molecular flexibility index (Phi) is 5.11. The quantitative estimate of drug-likeness (QED) is 0.875. The van der Waals surface area contributed by atoms with Gasteiger partial charge in [0.15, 0.2) is 0 Å². The molecule has 132 valence electrons. The number of nitrogens with one attached hydrogen (secondary N) is 1. The number of carbonyl (C=O) groups is 2. The van der Waals surface area contributed by atoms with Gasteiger partial charge < -0.3 is 15.0 Å². The van der Waals surface area contributed by atoms with Crippen LogP contribution < -0.4 is 5.56 Å². The Morgan fingerprint density at radius 3 is 2.33 bits per heavy atom. The molecular formula is C17H25N3O4. The molecule has 1 aliphatic heterocycles. The van der Waals surface area contributed by atoms with Crippen molar-refractivity contribution in [3.63, 3.8) is 0 Å². The molecule has 1 fully saturated rings. The lowest BCUT2D eigenvalue weighted by molar-refractivity contribution is -0.138. The lowest BCUT2D eigenvalue weighted by Crippen LogP contribution is -2.42. The minimum Gasteiger partial charge on any atom is -0.481 e. The number of piperidine rings is 1. The lowest BCUT2D eigenvalue weighted by atomic mass is 9.93. The summed E-state index contributed by atoms with van der Waals surface area (Å²) in [5.74, 6) is -0.487. The van der Waals surface area contributed by atoms with Crippen LogP contribution >= 0.6 is 0 Å². The van der Waals surface area contributed by atoms with Crippen molar-refractivity contribution in [2.45, 2.75) is 52.4 Å². The molecular weight excluding hydrogens is 310 g/mol. The van der Waals surface area contributed by atoms with Crippen molar-refractivity contribution >= 4 is 11.9 Å². The highest BCUT2D eigenvalue weighted by molar-refractivity contribution is 5.94. The first-order valence-electron chi connectivity index (χ1n) is 8.22. The maximum atomic E-state index is 12.7. The van der Waals surface area contributed by atoms with Crippen LogP contribution in [-0.4, -0.2) is 44.9 Å². The van der Waals surface area contributed by atoms with Crippen molar-refractivity contribution in [2.24, 2.45) is 5.92 Å². The topological polar surface area (TPSA) is 103 Å². The van der Waals surface area contributed by atoms with Gasteiger partial charge in [0.25, 0.3) is 11.5 Å². The van der Waals surface area contributed by atoms with Crippen molar-refractivity contribution in [3.05, 3.63) is 27.4 Å². The molecule has 7 heteroatoms. The zero-order valence-electron chi connectivity index (χ0n) is 14.7. The fraction of sp³-hybridized carbons (Fsp3) is 0.647. The van der Waals surface area contributed by atoms with E-state index in [0.717, 1.165) is 0 Å². The summed E-state index contributed by atoms with van der Waals surface area (Å²) >= 11 is 0. The normalized spacial score (nSPS) is 16.2. The highest BCUT2D eigenvalue weighted by atomic mass is 16.4. The van der Waals surface area contributed by atoms with E-state index in [1.807, 2.05) is 20.8 Å². The summed E-state index contributed by atoms with van der Waals surface area (Å²) in [6.45, 7) is 8.44. The predicted octanol–water partition coefficient (Wildman–Crippen LogP) is 1.70. The van der Waals surface area contributed by atoms with E-state index < -0.39 is 11.5 Å². The number of H-pyrrole nitrogens is 1. The van der Waals surface area contributed by atoms with Crippen LogP contribution in [0.15, 0.2) is 4.79 Å². The van der Waals surface area contributed by atoms with Gasteiger partial charge in [-0.1, -0.05) is 20.8 Å². The molecule has 1 amide bonds. The molecule has 24 heavy (non-hydrogen) atoms. The maximum Gasteiger partial charge on any atom is 0.303 e. The largest absolute Gasteiger partial charge is 0.481 e. The van der Waals surface area contributed by atoms with E-state index >= 15 is 0 Å². The van der Waals surface area contributed by atoms with Gasteiger partial charge >= 0.3 is 5.97 Å². The second kappa shape index (κ2) is 6.75. The van der Waals surface area contributed by atoms with Crippen molar-refractivity contribution in [2.75, 3.05) is 13.1 Å². The Morgan fingerprint density at radius 1 is 1.29 bits per heavy atom. The number of aromatic amines is 1. The van der Waals surface area contributed by atoms with Crippen LogP contribution in [0.1, 0.15) is 61.9 Å². The number of amides is 1. The van der Waals surface area contributed by atoms with Gasteiger partial charge in [-0.2, -0.15) is 0 Å². The average molecular weight is 335 g/mol. The number of carboxylic acid groups (broad SMARTS) is 1. The molecule has 1 aromatic rings. The summed E-state index contributed by atoms with van der Waals surface area (Å²) in [7, 11) is 0. The van der Waals surface area contributed by atoms with Crippen LogP contribution in [0.4, 0.5) is 0 Å². The Bertz CT molecular complexity index is 695. The standard InChI is InChI=1S/C17H25N3O4/c1-10-13(14(23)19-16(18-10)17(2,3)4)15(24)20-7-5-11(6-8-20)9-12(21)22/h11H,5-9H2,1-4H3,(H,21,22)(H,18,19,23). The molecule has 1 saturated heterocycles. The van der Waals surface area contributed by atoms with Crippen molar-refractivity contribution in [1.82, 2.24) is 14.9 Å². The van der Waals surface area contributed by atoms with Crippen LogP contribution in [0.2, 0.25) is 0 Å². The number of rotatable bonds is 3. The average Bonchev–Trinajstić information content (AvgIpc) is 2.45. The Hall–Kier alpha value is -2.18. The monoisotopic (exact) mass is 335 g/mol. The molecule has 2 N–H and O–H groups in total. The van der Waals surface area contributed by atoms with E-state index in [-0.39, 0.29) is 29.2 Å².